The molecule has 1 saturated carbocycles. The highest BCUT2D eigenvalue weighted by molar-refractivity contribution is 7.89. The molecular weight excluding hydrogens is 316 g/mol. The average molecular weight is 340 g/mol. The first-order chi connectivity index (χ1) is 10.8. The molecule has 1 amide bonds. The Balaban J connectivity index is 1.90. The van der Waals surface area contributed by atoms with Crippen molar-refractivity contribution in [1.29, 1.82) is 0 Å². The van der Waals surface area contributed by atoms with Crippen LogP contribution >= 0.6 is 0 Å². The lowest BCUT2D eigenvalue weighted by atomic mass is 10.2. The summed E-state index contributed by atoms with van der Waals surface area (Å²) in [6, 6.07) is 6.03. The number of anilines is 1. The van der Waals surface area contributed by atoms with Gasteiger partial charge in [-0.3, -0.25) is 4.79 Å². The highest BCUT2D eigenvalue weighted by atomic mass is 32.2. The van der Waals surface area contributed by atoms with Gasteiger partial charge in [0.1, 0.15) is 0 Å². The van der Waals surface area contributed by atoms with Gasteiger partial charge in [-0.25, -0.2) is 13.1 Å². The predicted octanol–water partition coefficient (Wildman–Crippen LogP) is 1.72. The Labute approximate surface area is 137 Å². The van der Waals surface area contributed by atoms with Gasteiger partial charge in [-0.15, -0.1) is 0 Å². The zero-order valence-corrected chi connectivity index (χ0v) is 14.3. The van der Waals surface area contributed by atoms with Crippen LogP contribution in [0.4, 0.5) is 5.69 Å². The summed E-state index contributed by atoms with van der Waals surface area (Å²) in [5.74, 6) is 0.0779. The Bertz CT molecular complexity index is 637. The van der Waals surface area contributed by atoms with Gasteiger partial charge in [0, 0.05) is 18.2 Å². The van der Waals surface area contributed by atoms with Gasteiger partial charge >= 0.3 is 0 Å². The molecule has 128 valence electrons. The van der Waals surface area contributed by atoms with Crippen LogP contribution in [0, 0.1) is 11.8 Å². The number of carbonyl (C=O) groups is 1. The number of nitrogens with one attached hydrogen (secondary N) is 2. The number of rotatable bonds is 8. The third-order valence-corrected chi connectivity index (χ3v) is 5.33. The minimum absolute atomic E-state index is 0.118. The third kappa shape index (κ3) is 5.30. The van der Waals surface area contributed by atoms with Crippen molar-refractivity contribution in [2.45, 2.75) is 44.1 Å². The summed E-state index contributed by atoms with van der Waals surface area (Å²) in [4.78, 5) is 11.7. The number of benzene rings is 1. The van der Waals surface area contributed by atoms with E-state index in [-0.39, 0.29) is 23.3 Å². The number of aliphatic hydroxyl groups excluding tert-OH is 1. The lowest BCUT2D eigenvalue weighted by molar-refractivity contribution is -0.118. The van der Waals surface area contributed by atoms with Crippen LogP contribution in [0.3, 0.4) is 0 Å². The standard InChI is InChI=1S/C16H24N2O4S/c1-11(2)16(20)18-13-5-7-14(8-6-13)23(21,22)17-10-9-15(19)12-3-4-12/h5-8,11-12,15,17,19H,3-4,9-10H2,1-2H3,(H,18,20). The van der Waals surface area contributed by atoms with E-state index in [4.69, 9.17) is 0 Å². The van der Waals surface area contributed by atoms with Gasteiger partial charge in [0.15, 0.2) is 0 Å². The number of hydrogen-bond acceptors (Lipinski definition) is 4. The highest BCUT2D eigenvalue weighted by Crippen LogP contribution is 2.33. The van der Waals surface area contributed by atoms with Gasteiger partial charge in [-0.2, -0.15) is 0 Å². The Morgan fingerprint density at radius 3 is 2.39 bits per heavy atom. The Hall–Kier alpha value is -1.44. The molecule has 0 aliphatic heterocycles. The summed E-state index contributed by atoms with van der Waals surface area (Å²) in [5.41, 5.74) is 0.562. The SMILES string of the molecule is CC(C)C(=O)Nc1ccc(S(=O)(=O)NCCC(O)C2CC2)cc1. The van der Waals surface area contributed by atoms with Crippen molar-refractivity contribution in [3.63, 3.8) is 0 Å². The topological polar surface area (TPSA) is 95.5 Å². The number of aliphatic hydroxyl groups is 1. The third-order valence-electron chi connectivity index (χ3n) is 3.85. The van der Waals surface area contributed by atoms with Gasteiger partial charge < -0.3 is 10.4 Å². The van der Waals surface area contributed by atoms with Gasteiger partial charge in [0.2, 0.25) is 15.9 Å². The van der Waals surface area contributed by atoms with Crippen LogP contribution in [-0.2, 0) is 14.8 Å². The van der Waals surface area contributed by atoms with Crippen molar-refractivity contribution >= 4 is 21.6 Å². The molecule has 3 N–H and O–H groups in total. The molecule has 1 fully saturated rings. The number of amides is 1. The van der Waals surface area contributed by atoms with E-state index < -0.39 is 16.1 Å². The summed E-state index contributed by atoms with van der Waals surface area (Å²) in [5, 5.41) is 12.5. The minimum atomic E-state index is -3.60. The van der Waals surface area contributed by atoms with E-state index in [1.807, 2.05) is 0 Å². The second kappa shape index (κ2) is 7.42. The molecule has 0 spiro atoms. The summed E-state index contributed by atoms with van der Waals surface area (Å²) in [7, 11) is -3.60. The molecule has 23 heavy (non-hydrogen) atoms. The maximum absolute atomic E-state index is 12.2. The van der Waals surface area contributed by atoms with Crippen molar-refractivity contribution in [3.8, 4) is 0 Å². The lowest BCUT2D eigenvalue weighted by Crippen LogP contribution is -2.28. The Kier molecular flexibility index (Phi) is 5.78. The van der Waals surface area contributed by atoms with E-state index in [2.05, 4.69) is 10.0 Å². The molecule has 2 rings (SSSR count). The van der Waals surface area contributed by atoms with Crippen molar-refractivity contribution in [1.82, 2.24) is 4.72 Å². The Morgan fingerprint density at radius 1 is 1.26 bits per heavy atom. The van der Waals surface area contributed by atoms with E-state index in [9.17, 15) is 18.3 Å². The van der Waals surface area contributed by atoms with E-state index in [1.165, 1.54) is 12.1 Å². The molecule has 6 nitrogen and oxygen atoms in total. The van der Waals surface area contributed by atoms with Crippen LogP contribution in [0.15, 0.2) is 29.2 Å². The smallest absolute Gasteiger partial charge is 0.240 e. The van der Waals surface area contributed by atoms with Gasteiger partial charge in [-0.05, 0) is 49.4 Å². The normalized spacial score (nSPS) is 16.3. The van der Waals surface area contributed by atoms with Crippen molar-refractivity contribution < 1.29 is 18.3 Å². The molecule has 0 bridgehead atoms. The molecule has 1 unspecified atom stereocenters. The van der Waals surface area contributed by atoms with Crippen LogP contribution in [0.25, 0.3) is 0 Å². The van der Waals surface area contributed by atoms with E-state index in [0.29, 0.717) is 18.0 Å². The molecule has 0 heterocycles. The van der Waals surface area contributed by atoms with E-state index in [0.717, 1.165) is 12.8 Å². The molecule has 1 aliphatic rings. The average Bonchev–Trinajstić information content (AvgIpc) is 3.32. The zero-order valence-electron chi connectivity index (χ0n) is 13.5. The van der Waals surface area contributed by atoms with Crippen molar-refractivity contribution in [2.75, 3.05) is 11.9 Å². The molecule has 7 heteroatoms. The molecule has 1 atom stereocenters. The Morgan fingerprint density at radius 2 is 1.87 bits per heavy atom. The molecular formula is C16H24N2O4S. The van der Waals surface area contributed by atoms with Gasteiger partial charge in [0.05, 0.1) is 11.0 Å². The number of sulfonamides is 1. The second-order valence-electron chi connectivity index (χ2n) is 6.26. The van der Waals surface area contributed by atoms with Crippen LogP contribution in [0.1, 0.15) is 33.1 Å². The monoisotopic (exact) mass is 340 g/mol. The molecule has 0 saturated heterocycles. The number of hydrogen-bond donors (Lipinski definition) is 3. The van der Waals surface area contributed by atoms with Crippen LogP contribution in [-0.4, -0.2) is 32.1 Å². The van der Waals surface area contributed by atoms with Crippen molar-refractivity contribution in [2.24, 2.45) is 11.8 Å². The van der Waals surface area contributed by atoms with E-state index >= 15 is 0 Å². The van der Waals surface area contributed by atoms with Gasteiger partial charge in [-0.1, -0.05) is 13.8 Å². The first-order valence-corrected chi connectivity index (χ1v) is 9.36. The van der Waals surface area contributed by atoms with Gasteiger partial charge in [0.25, 0.3) is 0 Å². The summed E-state index contributed by atoms with van der Waals surface area (Å²) in [6.45, 7) is 3.79. The zero-order chi connectivity index (χ0) is 17.0. The fourth-order valence-electron chi connectivity index (χ4n) is 2.15. The largest absolute Gasteiger partial charge is 0.393 e. The fraction of sp³-hybridized carbons (Fsp3) is 0.562. The van der Waals surface area contributed by atoms with E-state index in [1.54, 1.807) is 26.0 Å². The molecule has 1 aliphatic carbocycles. The molecule has 1 aromatic carbocycles. The highest BCUT2D eigenvalue weighted by Gasteiger charge is 2.29. The first kappa shape index (κ1) is 17.9. The van der Waals surface area contributed by atoms with Crippen LogP contribution in [0.5, 0.6) is 0 Å². The van der Waals surface area contributed by atoms with Crippen LogP contribution in [0.2, 0.25) is 0 Å². The summed E-state index contributed by atoms with van der Waals surface area (Å²) in [6.07, 6.45) is 2.05. The fourth-order valence-corrected chi connectivity index (χ4v) is 3.19. The van der Waals surface area contributed by atoms with Crippen LogP contribution < -0.4 is 10.0 Å². The molecule has 0 aromatic heterocycles. The number of carbonyl (C=O) groups excluding carboxylic acids is 1. The quantitative estimate of drug-likeness (QED) is 0.671. The lowest BCUT2D eigenvalue weighted by Gasteiger charge is -2.11. The summed E-state index contributed by atoms with van der Waals surface area (Å²) >= 11 is 0. The minimum Gasteiger partial charge on any atom is -0.393 e. The van der Waals surface area contributed by atoms with Crippen molar-refractivity contribution in [3.05, 3.63) is 24.3 Å². The molecule has 1 aromatic rings. The first-order valence-electron chi connectivity index (χ1n) is 7.88. The maximum atomic E-state index is 12.2. The second-order valence-corrected chi connectivity index (χ2v) is 8.03. The molecule has 0 radical (unpaired) electrons. The predicted molar refractivity (Wildman–Crippen MR) is 88.4 cm³/mol. The summed E-state index contributed by atoms with van der Waals surface area (Å²) < 4.78 is 26.8. The maximum Gasteiger partial charge on any atom is 0.240 e.